The Morgan fingerprint density at radius 2 is 2.17 bits per heavy atom. The minimum Gasteiger partial charge on any atom is -0.481 e. The molecule has 1 rings (SSSR count). The van der Waals surface area contributed by atoms with Crippen molar-refractivity contribution in [3.8, 4) is 0 Å². The Labute approximate surface area is 72.4 Å². The highest BCUT2D eigenvalue weighted by Gasteiger charge is 2.37. The molecule has 2 N–H and O–H groups in total. The van der Waals surface area contributed by atoms with Crippen LogP contribution in [-0.4, -0.2) is 21.8 Å². The third-order valence-electron chi connectivity index (χ3n) is 2.76. The standard InChI is InChI=1S/C9H16O3/c1-6-5-9(2,12)4-3-7(6)8(10)11/h6-7,12H,3-5H2,1-2H3,(H,10,11). The Balaban J connectivity index is 2.60. The third-order valence-corrected chi connectivity index (χ3v) is 2.76. The Kier molecular flexibility index (Phi) is 2.42. The zero-order valence-electron chi connectivity index (χ0n) is 7.58. The van der Waals surface area contributed by atoms with Crippen LogP contribution in [0.1, 0.15) is 33.1 Å². The van der Waals surface area contributed by atoms with Crippen LogP contribution >= 0.6 is 0 Å². The average molecular weight is 172 g/mol. The number of carboxylic acids is 1. The Hall–Kier alpha value is -0.570. The Bertz CT molecular complexity index is 186. The number of aliphatic hydroxyl groups is 1. The summed E-state index contributed by atoms with van der Waals surface area (Å²) in [4.78, 5) is 10.7. The molecule has 1 saturated carbocycles. The van der Waals surface area contributed by atoms with Gasteiger partial charge in [-0.2, -0.15) is 0 Å². The van der Waals surface area contributed by atoms with Crippen molar-refractivity contribution in [1.82, 2.24) is 0 Å². The van der Waals surface area contributed by atoms with Gasteiger partial charge in [0.1, 0.15) is 0 Å². The minimum absolute atomic E-state index is 0.0891. The molecule has 0 aromatic rings. The molecule has 0 saturated heterocycles. The van der Waals surface area contributed by atoms with E-state index in [1.807, 2.05) is 6.92 Å². The average Bonchev–Trinajstić information content (AvgIpc) is 1.83. The first kappa shape index (κ1) is 9.52. The molecule has 0 bridgehead atoms. The van der Waals surface area contributed by atoms with Crippen LogP contribution in [0.5, 0.6) is 0 Å². The molecule has 3 atom stereocenters. The van der Waals surface area contributed by atoms with Crippen molar-refractivity contribution in [3.05, 3.63) is 0 Å². The molecule has 0 aliphatic heterocycles. The Morgan fingerprint density at radius 1 is 1.58 bits per heavy atom. The molecule has 1 aliphatic rings. The highest BCUT2D eigenvalue weighted by Crippen LogP contribution is 2.35. The van der Waals surface area contributed by atoms with Crippen molar-refractivity contribution in [2.24, 2.45) is 11.8 Å². The van der Waals surface area contributed by atoms with Gasteiger partial charge in [-0.1, -0.05) is 6.92 Å². The number of hydrogen-bond acceptors (Lipinski definition) is 2. The lowest BCUT2D eigenvalue weighted by Gasteiger charge is -2.35. The summed E-state index contributed by atoms with van der Waals surface area (Å²) in [6, 6.07) is 0. The van der Waals surface area contributed by atoms with E-state index in [1.54, 1.807) is 6.92 Å². The molecule has 3 nitrogen and oxygen atoms in total. The van der Waals surface area contributed by atoms with Gasteiger partial charge in [-0.25, -0.2) is 0 Å². The summed E-state index contributed by atoms with van der Waals surface area (Å²) in [7, 11) is 0. The summed E-state index contributed by atoms with van der Waals surface area (Å²) in [5, 5.41) is 18.4. The maximum Gasteiger partial charge on any atom is 0.306 e. The number of carboxylic acid groups (broad SMARTS) is 1. The molecule has 1 fully saturated rings. The lowest BCUT2D eigenvalue weighted by molar-refractivity contribution is -0.147. The van der Waals surface area contributed by atoms with Gasteiger partial charge in [0.25, 0.3) is 0 Å². The smallest absolute Gasteiger partial charge is 0.306 e. The van der Waals surface area contributed by atoms with Crippen molar-refractivity contribution >= 4 is 5.97 Å². The van der Waals surface area contributed by atoms with Gasteiger partial charge in [-0.15, -0.1) is 0 Å². The largest absolute Gasteiger partial charge is 0.481 e. The molecule has 0 heterocycles. The van der Waals surface area contributed by atoms with E-state index in [2.05, 4.69) is 0 Å². The summed E-state index contributed by atoms with van der Waals surface area (Å²) < 4.78 is 0. The molecule has 1 aliphatic carbocycles. The highest BCUT2D eigenvalue weighted by atomic mass is 16.4. The SMILES string of the molecule is CC1CC(C)(O)CCC1C(=O)O. The molecule has 0 aromatic carbocycles. The molecule has 12 heavy (non-hydrogen) atoms. The van der Waals surface area contributed by atoms with E-state index in [0.717, 1.165) is 0 Å². The summed E-state index contributed by atoms with van der Waals surface area (Å²) in [5.41, 5.74) is -0.647. The van der Waals surface area contributed by atoms with Crippen molar-refractivity contribution in [1.29, 1.82) is 0 Å². The normalized spacial score (nSPS) is 42.6. The second kappa shape index (κ2) is 3.05. The maximum absolute atomic E-state index is 10.7. The van der Waals surface area contributed by atoms with Crippen LogP contribution in [0.15, 0.2) is 0 Å². The summed E-state index contributed by atoms with van der Waals surface area (Å²) >= 11 is 0. The van der Waals surface area contributed by atoms with Crippen molar-refractivity contribution in [2.75, 3.05) is 0 Å². The first-order chi connectivity index (χ1) is 5.42. The highest BCUT2D eigenvalue weighted by molar-refractivity contribution is 5.70. The van der Waals surface area contributed by atoms with Crippen LogP contribution in [0, 0.1) is 11.8 Å². The van der Waals surface area contributed by atoms with Crippen LogP contribution in [-0.2, 0) is 4.79 Å². The second-order valence-corrected chi connectivity index (χ2v) is 4.16. The van der Waals surface area contributed by atoms with Gasteiger partial charge in [0.15, 0.2) is 0 Å². The molecule has 70 valence electrons. The fraction of sp³-hybridized carbons (Fsp3) is 0.889. The zero-order valence-corrected chi connectivity index (χ0v) is 7.58. The van der Waals surface area contributed by atoms with Gasteiger partial charge >= 0.3 is 5.97 Å². The van der Waals surface area contributed by atoms with Crippen LogP contribution in [0.4, 0.5) is 0 Å². The van der Waals surface area contributed by atoms with Crippen molar-refractivity contribution < 1.29 is 15.0 Å². The molecule has 0 amide bonds. The third kappa shape index (κ3) is 1.97. The van der Waals surface area contributed by atoms with E-state index >= 15 is 0 Å². The number of rotatable bonds is 1. The van der Waals surface area contributed by atoms with Gasteiger partial charge in [-0.05, 0) is 32.1 Å². The van der Waals surface area contributed by atoms with Crippen LogP contribution in [0.3, 0.4) is 0 Å². The Morgan fingerprint density at radius 3 is 2.58 bits per heavy atom. The number of hydrogen-bond donors (Lipinski definition) is 2. The first-order valence-corrected chi connectivity index (χ1v) is 4.37. The molecule has 3 heteroatoms. The maximum atomic E-state index is 10.7. The van der Waals surface area contributed by atoms with E-state index in [9.17, 15) is 9.90 Å². The van der Waals surface area contributed by atoms with Crippen LogP contribution in [0.2, 0.25) is 0 Å². The summed E-state index contributed by atoms with van der Waals surface area (Å²) in [6.45, 7) is 3.67. The second-order valence-electron chi connectivity index (χ2n) is 4.16. The molecule has 0 spiro atoms. The van der Waals surface area contributed by atoms with E-state index in [-0.39, 0.29) is 11.8 Å². The summed E-state index contributed by atoms with van der Waals surface area (Å²) in [6.07, 6.45) is 1.81. The predicted molar refractivity (Wildman–Crippen MR) is 44.8 cm³/mol. The van der Waals surface area contributed by atoms with Crippen molar-refractivity contribution in [3.63, 3.8) is 0 Å². The predicted octanol–water partition coefficient (Wildman–Crippen LogP) is 1.26. The lowest BCUT2D eigenvalue weighted by Crippen LogP contribution is -2.38. The van der Waals surface area contributed by atoms with E-state index in [1.165, 1.54) is 0 Å². The quantitative estimate of drug-likeness (QED) is 0.626. The molecule has 0 aromatic heterocycles. The van der Waals surface area contributed by atoms with E-state index in [4.69, 9.17) is 5.11 Å². The van der Waals surface area contributed by atoms with Gasteiger partial charge in [0, 0.05) is 0 Å². The number of aliphatic carboxylic acids is 1. The van der Waals surface area contributed by atoms with Crippen LogP contribution < -0.4 is 0 Å². The van der Waals surface area contributed by atoms with Gasteiger partial charge in [0.2, 0.25) is 0 Å². The lowest BCUT2D eigenvalue weighted by atomic mass is 9.73. The van der Waals surface area contributed by atoms with Gasteiger partial charge in [0.05, 0.1) is 11.5 Å². The van der Waals surface area contributed by atoms with Crippen molar-refractivity contribution in [2.45, 2.75) is 38.7 Å². The zero-order chi connectivity index (χ0) is 9.35. The minimum atomic E-state index is -0.724. The number of carbonyl (C=O) groups is 1. The van der Waals surface area contributed by atoms with E-state index < -0.39 is 11.6 Å². The van der Waals surface area contributed by atoms with E-state index in [0.29, 0.717) is 19.3 Å². The van der Waals surface area contributed by atoms with Gasteiger partial charge < -0.3 is 10.2 Å². The fourth-order valence-electron chi connectivity index (χ4n) is 2.06. The molecular formula is C9H16O3. The molecule has 0 radical (unpaired) electrons. The fourth-order valence-corrected chi connectivity index (χ4v) is 2.06. The first-order valence-electron chi connectivity index (χ1n) is 4.37. The van der Waals surface area contributed by atoms with Crippen LogP contribution in [0.25, 0.3) is 0 Å². The monoisotopic (exact) mass is 172 g/mol. The van der Waals surface area contributed by atoms with Gasteiger partial charge in [-0.3, -0.25) is 4.79 Å². The molecule has 3 unspecified atom stereocenters. The summed E-state index contributed by atoms with van der Waals surface area (Å²) in [5.74, 6) is -0.894. The molecular weight excluding hydrogens is 156 g/mol. The topological polar surface area (TPSA) is 57.5 Å².